The van der Waals surface area contributed by atoms with Crippen LogP contribution in [-0.4, -0.2) is 23.1 Å². The molecule has 1 aromatic carbocycles. The lowest BCUT2D eigenvalue weighted by atomic mass is 10.2. The molecule has 0 aliphatic heterocycles. The number of aliphatic carboxylic acids is 1. The summed E-state index contributed by atoms with van der Waals surface area (Å²) in [5, 5.41) is 13.9. The molecule has 98 valence electrons. The quantitative estimate of drug-likeness (QED) is 0.705. The van der Waals surface area contributed by atoms with Gasteiger partial charge in [0.25, 0.3) is 0 Å². The van der Waals surface area contributed by atoms with E-state index >= 15 is 0 Å². The van der Waals surface area contributed by atoms with Gasteiger partial charge in [0.2, 0.25) is 0 Å². The van der Waals surface area contributed by atoms with Gasteiger partial charge in [-0.3, -0.25) is 0 Å². The zero-order valence-corrected chi connectivity index (χ0v) is 12.1. The first kappa shape index (κ1) is 14.7. The molecule has 1 rings (SSSR count). The Kier molecular flexibility index (Phi) is 5.90. The lowest BCUT2D eigenvalue weighted by Gasteiger charge is -2.14. The maximum Gasteiger partial charge on any atom is 0.326 e. The minimum atomic E-state index is -1.02. The molecule has 0 unspecified atom stereocenters. The van der Waals surface area contributed by atoms with Crippen LogP contribution >= 0.6 is 22.6 Å². The number of halogens is 1. The summed E-state index contributed by atoms with van der Waals surface area (Å²) in [6.45, 7) is 1.87. The Morgan fingerprint density at radius 2 is 1.94 bits per heavy atom. The highest BCUT2D eigenvalue weighted by Gasteiger charge is 2.18. The molecule has 0 fully saturated rings. The number of amides is 2. The Bertz CT molecular complexity index is 420. The molecule has 1 aromatic rings. The van der Waals surface area contributed by atoms with E-state index in [2.05, 4.69) is 33.2 Å². The van der Waals surface area contributed by atoms with E-state index in [1.807, 2.05) is 19.1 Å². The number of hydrogen-bond donors (Lipinski definition) is 3. The Labute approximate surface area is 119 Å². The van der Waals surface area contributed by atoms with E-state index in [1.54, 1.807) is 12.1 Å². The molecule has 6 heteroatoms. The second-order valence-corrected chi connectivity index (χ2v) is 5.03. The van der Waals surface area contributed by atoms with Crippen LogP contribution in [-0.2, 0) is 4.79 Å². The average Bonchev–Trinajstić information content (AvgIpc) is 2.31. The molecule has 0 radical (unpaired) electrons. The summed E-state index contributed by atoms with van der Waals surface area (Å²) in [5.74, 6) is -1.02. The number of rotatable bonds is 5. The number of carboxylic acid groups (broad SMARTS) is 1. The Hall–Kier alpha value is -1.31. The van der Waals surface area contributed by atoms with Crippen LogP contribution < -0.4 is 10.6 Å². The maximum absolute atomic E-state index is 11.6. The number of hydrogen-bond acceptors (Lipinski definition) is 2. The van der Waals surface area contributed by atoms with Gasteiger partial charge in [-0.1, -0.05) is 13.3 Å². The molecule has 0 heterocycles. The molecule has 5 nitrogen and oxygen atoms in total. The highest BCUT2D eigenvalue weighted by Crippen LogP contribution is 2.11. The highest BCUT2D eigenvalue weighted by molar-refractivity contribution is 14.1. The molecule has 18 heavy (non-hydrogen) atoms. The van der Waals surface area contributed by atoms with Gasteiger partial charge in [0, 0.05) is 9.26 Å². The smallest absolute Gasteiger partial charge is 0.326 e. The van der Waals surface area contributed by atoms with Crippen molar-refractivity contribution in [1.82, 2.24) is 5.32 Å². The number of benzene rings is 1. The molecule has 0 aliphatic rings. The number of carbonyl (C=O) groups is 2. The van der Waals surface area contributed by atoms with Crippen molar-refractivity contribution in [1.29, 1.82) is 0 Å². The first-order chi connectivity index (χ1) is 8.52. The fraction of sp³-hybridized carbons (Fsp3) is 0.333. The number of urea groups is 1. The molecule has 0 spiro atoms. The monoisotopic (exact) mass is 362 g/mol. The standard InChI is InChI=1S/C12H15IN2O3/c1-2-3-10(11(16)17)15-12(18)14-9-6-4-8(13)5-7-9/h4-7,10H,2-3H2,1H3,(H,16,17)(H2,14,15,18)/t10-/m1/s1. The summed E-state index contributed by atoms with van der Waals surface area (Å²) in [4.78, 5) is 22.5. The van der Waals surface area contributed by atoms with Gasteiger partial charge in [0.1, 0.15) is 6.04 Å². The van der Waals surface area contributed by atoms with Gasteiger partial charge in [-0.05, 0) is 53.3 Å². The van der Waals surface area contributed by atoms with Gasteiger partial charge in [-0.15, -0.1) is 0 Å². The molecule has 0 aromatic heterocycles. The van der Waals surface area contributed by atoms with Crippen molar-refractivity contribution in [2.45, 2.75) is 25.8 Å². The molecular weight excluding hydrogens is 347 g/mol. The maximum atomic E-state index is 11.6. The summed E-state index contributed by atoms with van der Waals surface area (Å²) in [6, 6.07) is 5.89. The molecule has 3 N–H and O–H groups in total. The van der Waals surface area contributed by atoms with Crippen molar-refractivity contribution in [3.8, 4) is 0 Å². The van der Waals surface area contributed by atoms with E-state index in [9.17, 15) is 9.59 Å². The van der Waals surface area contributed by atoms with Gasteiger partial charge in [0.05, 0.1) is 0 Å². The largest absolute Gasteiger partial charge is 0.480 e. The normalized spacial score (nSPS) is 11.7. The van der Waals surface area contributed by atoms with Crippen molar-refractivity contribution >= 4 is 40.3 Å². The van der Waals surface area contributed by atoms with Crippen molar-refractivity contribution in [3.05, 3.63) is 27.8 Å². The molecule has 0 bridgehead atoms. The third kappa shape index (κ3) is 4.91. The van der Waals surface area contributed by atoms with Crippen LogP contribution in [0.25, 0.3) is 0 Å². The zero-order chi connectivity index (χ0) is 13.5. The average molecular weight is 362 g/mol. The Balaban J connectivity index is 2.54. The van der Waals surface area contributed by atoms with E-state index in [1.165, 1.54) is 0 Å². The minimum absolute atomic E-state index is 0.412. The minimum Gasteiger partial charge on any atom is -0.480 e. The van der Waals surface area contributed by atoms with Gasteiger partial charge < -0.3 is 15.7 Å². The van der Waals surface area contributed by atoms with Crippen LogP contribution in [0.1, 0.15) is 19.8 Å². The van der Waals surface area contributed by atoms with Crippen molar-refractivity contribution in [2.75, 3.05) is 5.32 Å². The highest BCUT2D eigenvalue weighted by atomic mass is 127. The Morgan fingerprint density at radius 1 is 1.33 bits per heavy atom. The molecule has 0 saturated heterocycles. The third-order valence-electron chi connectivity index (χ3n) is 2.28. The van der Waals surface area contributed by atoms with Crippen LogP contribution in [0.3, 0.4) is 0 Å². The van der Waals surface area contributed by atoms with Crippen molar-refractivity contribution < 1.29 is 14.7 Å². The van der Waals surface area contributed by atoms with Gasteiger partial charge in [0.15, 0.2) is 0 Å². The molecule has 0 aliphatic carbocycles. The summed E-state index contributed by atoms with van der Waals surface area (Å²) in [5.41, 5.74) is 0.633. The number of carboxylic acids is 1. The predicted molar refractivity (Wildman–Crippen MR) is 77.6 cm³/mol. The molecular formula is C12H15IN2O3. The molecule has 1 atom stereocenters. The summed E-state index contributed by atoms with van der Waals surface area (Å²) in [6.07, 6.45) is 1.11. The summed E-state index contributed by atoms with van der Waals surface area (Å²) >= 11 is 2.16. The van der Waals surface area contributed by atoms with E-state index in [-0.39, 0.29) is 0 Å². The van der Waals surface area contributed by atoms with Crippen LogP contribution in [0.2, 0.25) is 0 Å². The van der Waals surface area contributed by atoms with Crippen LogP contribution in [0.15, 0.2) is 24.3 Å². The SMILES string of the molecule is CCC[C@@H](NC(=O)Nc1ccc(I)cc1)C(=O)O. The fourth-order valence-corrected chi connectivity index (χ4v) is 1.76. The van der Waals surface area contributed by atoms with Gasteiger partial charge in [-0.2, -0.15) is 0 Å². The number of carbonyl (C=O) groups excluding carboxylic acids is 1. The lowest BCUT2D eigenvalue weighted by Crippen LogP contribution is -2.42. The summed E-state index contributed by atoms with van der Waals surface area (Å²) < 4.78 is 1.06. The van der Waals surface area contributed by atoms with E-state index in [0.717, 1.165) is 3.57 Å². The van der Waals surface area contributed by atoms with Crippen LogP contribution in [0.5, 0.6) is 0 Å². The first-order valence-corrected chi connectivity index (χ1v) is 6.66. The van der Waals surface area contributed by atoms with Crippen molar-refractivity contribution in [3.63, 3.8) is 0 Å². The first-order valence-electron chi connectivity index (χ1n) is 5.58. The topological polar surface area (TPSA) is 78.4 Å². The fourth-order valence-electron chi connectivity index (χ4n) is 1.40. The molecule has 0 saturated carbocycles. The predicted octanol–water partition coefficient (Wildman–Crippen LogP) is 2.67. The van der Waals surface area contributed by atoms with Gasteiger partial charge >= 0.3 is 12.0 Å². The second-order valence-electron chi connectivity index (χ2n) is 3.78. The van der Waals surface area contributed by atoms with E-state index < -0.39 is 18.0 Å². The van der Waals surface area contributed by atoms with E-state index in [4.69, 9.17) is 5.11 Å². The van der Waals surface area contributed by atoms with E-state index in [0.29, 0.717) is 18.5 Å². The Morgan fingerprint density at radius 3 is 2.44 bits per heavy atom. The van der Waals surface area contributed by atoms with Crippen LogP contribution in [0, 0.1) is 3.57 Å². The third-order valence-corrected chi connectivity index (χ3v) is 3.00. The lowest BCUT2D eigenvalue weighted by molar-refractivity contribution is -0.139. The summed E-state index contributed by atoms with van der Waals surface area (Å²) in [7, 11) is 0. The number of anilines is 1. The zero-order valence-electron chi connectivity index (χ0n) is 9.94. The van der Waals surface area contributed by atoms with Gasteiger partial charge in [-0.25, -0.2) is 9.59 Å². The van der Waals surface area contributed by atoms with Crippen LogP contribution in [0.4, 0.5) is 10.5 Å². The molecule has 2 amide bonds. The second kappa shape index (κ2) is 7.20. The van der Waals surface area contributed by atoms with Crippen molar-refractivity contribution in [2.24, 2.45) is 0 Å². The number of nitrogens with one attached hydrogen (secondary N) is 2.